The molecule has 0 saturated heterocycles. The van der Waals surface area contributed by atoms with Crippen LogP contribution in [0.2, 0.25) is 0 Å². The average Bonchev–Trinajstić information content (AvgIpc) is 1.80. The van der Waals surface area contributed by atoms with E-state index in [0.29, 0.717) is 12.2 Å². The monoisotopic (exact) mass is 176 g/mol. The van der Waals surface area contributed by atoms with Gasteiger partial charge in [-0.05, 0) is 27.7 Å². The van der Waals surface area contributed by atoms with E-state index in [0.717, 1.165) is 0 Å². The van der Waals surface area contributed by atoms with Gasteiger partial charge in [-0.15, -0.1) is 0 Å². The van der Waals surface area contributed by atoms with Crippen molar-refractivity contribution in [1.82, 2.24) is 0 Å². The van der Waals surface area contributed by atoms with E-state index in [1.165, 1.54) is 6.92 Å². The molecule has 0 aromatic rings. The Morgan fingerprint density at radius 1 is 1.36 bits per heavy atom. The van der Waals surface area contributed by atoms with Crippen LogP contribution in [0.5, 0.6) is 0 Å². The van der Waals surface area contributed by atoms with Gasteiger partial charge in [0.2, 0.25) is 0 Å². The molecule has 0 aliphatic rings. The number of rotatable bonds is 3. The Bertz CT molecular complexity index is 167. The Labute approximate surface area is 70.8 Å². The lowest BCUT2D eigenvalue weighted by Gasteiger charge is -2.16. The number of ketones is 1. The molecular weight excluding hydrogens is 160 g/mol. The zero-order valence-corrected chi connectivity index (χ0v) is 8.46. The highest BCUT2D eigenvalue weighted by molar-refractivity contribution is 7.86. The summed E-state index contributed by atoms with van der Waals surface area (Å²) in [4.78, 5) is 10.5. The lowest BCUT2D eigenvalue weighted by atomic mass is 10.3. The summed E-state index contributed by atoms with van der Waals surface area (Å²) in [7, 11) is -0.879. The third kappa shape index (κ3) is 5.13. The fraction of sp³-hybridized carbons (Fsp3) is 0.875. The molecule has 1 atom stereocenters. The molecule has 66 valence electrons. The summed E-state index contributed by atoms with van der Waals surface area (Å²) in [6.07, 6.45) is 0.434. The minimum absolute atomic E-state index is 0.114. The molecule has 0 heterocycles. The molecule has 11 heavy (non-hydrogen) atoms. The molecule has 0 aliphatic carbocycles. The zero-order chi connectivity index (χ0) is 9.07. The Kier molecular flexibility index (Phi) is 3.93. The second-order valence-electron chi connectivity index (χ2n) is 3.61. The third-order valence-corrected chi connectivity index (χ3v) is 3.26. The van der Waals surface area contributed by atoms with Crippen molar-refractivity contribution in [3.05, 3.63) is 0 Å². The number of carbonyl (C=O) groups excluding carboxylic acids is 1. The fourth-order valence-corrected chi connectivity index (χ4v) is 1.63. The first-order valence-corrected chi connectivity index (χ1v) is 5.04. The van der Waals surface area contributed by atoms with Crippen LogP contribution in [-0.2, 0) is 15.6 Å². The Hall–Kier alpha value is -0.180. The molecule has 0 aromatic carbocycles. The van der Waals surface area contributed by atoms with Crippen LogP contribution in [-0.4, -0.2) is 20.5 Å². The van der Waals surface area contributed by atoms with Crippen molar-refractivity contribution in [3.8, 4) is 0 Å². The molecule has 1 unspecified atom stereocenters. The maximum atomic E-state index is 11.3. The van der Waals surface area contributed by atoms with Crippen LogP contribution in [0.3, 0.4) is 0 Å². The molecule has 0 fully saturated rings. The molecule has 0 aliphatic heterocycles. The number of hydrogen-bond donors (Lipinski definition) is 0. The highest BCUT2D eigenvalue weighted by Gasteiger charge is 2.18. The Balaban J connectivity index is 3.80. The van der Waals surface area contributed by atoms with Gasteiger partial charge in [0.1, 0.15) is 5.78 Å². The minimum atomic E-state index is -0.879. The van der Waals surface area contributed by atoms with E-state index in [-0.39, 0.29) is 10.5 Å². The van der Waals surface area contributed by atoms with E-state index in [2.05, 4.69) is 0 Å². The van der Waals surface area contributed by atoms with Gasteiger partial charge >= 0.3 is 0 Å². The minimum Gasteiger partial charge on any atom is -0.300 e. The van der Waals surface area contributed by atoms with Gasteiger partial charge in [-0.3, -0.25) is 9.00 Å². The van der Waals surface area contributed by atoms with Crippen molar-refractivity contribution in [2.75, 3.05) is 5.75 Å². The third-order valence-electron chi connectivity index (χ3n) is 1.32. The molecule has 0 saturated carbocycles. The van der Waals surface area contributed by atoms with Crippen LogP contribution < -0.4 is 0 Å². The van der Waals surface area contributed by atoms with E-state index in [1.54, 1.807) is 0 Å². The lowest BCUT2D eigenvalue weighted by molar-refractivity contribution is -0.116. The van der Waals surface area contributed by atoms with E-state index in [9.17, 15) is 9.00 Å². The maximum absolute atomic E-state index is 11.3. The van der Waals surface area contributed by atoms with Crippen LogP contribution in [0.15, 0.2) is 0 Å². The zero-order valence-electron chi connectivity index (χ0n) is 7.64. The lowest BCUT2D eigenvalue weighted by Crippen LogP contribution is -2.24. The molecule has 0 aromatic heterocycles. The van der Waals surface area contributed by atoms with E-state index in [1.807, 2.05) is 20.8 Å². The van der Waals surface area contributed by atoms with Gasteiger partial charge in [-0.2, -0.15) is 0 Å². The van der Waals surface area contributed by atoms with Crippen molar-refractivity contribution in [2.45, 2.75) is 38.9 Å². The number of hydrogen-bond acceptors (Lipinski definition) is 2. The van der Waals surface area contributed by atoms with Crippen LogP contribution in [0.4, 0.5) is 0 Å². The Morgan fingerprint density at radius 2 is 1.82 bits per heavy atom. The smallest absolute Gasteiger partial charge is 0.130 e. The molecule has 2 nitrogen and oxygen atoms in total. The van der Waals surface area contributed by atoms with Gasteiger partial charge in [-0.1, -0.05) is 0 Å². The fourth-order valence-electron chi connectivity index (χ4n) is 0.543. The predicted octanol–water partition coefficient (Wildman–Crippen LogP) is 1.51. The highest BCUT2D eigenvalue weighted by atomic mass is 32.2. The summed E-state index contributed by atoms with van der Waals surface area (Å²) >= 11 is 0. The molecule has 0 amide bonds. The normalized spacial score (nSPS) is 14.5. The van der Waals surface area contributed by atoms with Gasteiger partial charge in [0.15, 0.2) is 0 Å². The average molecular weight is 176 g/mol. The van der Waals surface area contributed by atoms with Gasteiger partial charge < -0.3 is 0 Å². The maximum Gasteiger partial charge on any atom is 0.130 e. The Morgan fingerprint density at radius 3 is 2.09 bits per heavy atom. The molecule has 0 spiro atoms. The van der Waals surface area contributed by atoms with Crippen molar-refractivity contribution in [2.24, 2.45) is 0 Å². The quantitative estimate of drug-likeness (QED) is 0.653. The molecule has 0 radical (unpaired) electrons. The first-order valence-electron chi connectivity index (χ1n) is 3.72. The van der Waals surface area contributed by atoms with Crippen molar-refractivity contribution in [3.63, 3.8) is 0 Å². The van der Waals surface area contributed by atoms with Crippen LogP contribution in [0.25, 0.3) is 0 Å². The van der Waals surface area contributed by atoms with Crippen molar-refractivity contribution >= 4 is 16.6 Å². The second kappa shape index (κ2) is 4.00. The van der Waals surface area contributed by atoms with E-state index < -0.39 is 10.8 Å². The van der Waals surface area contributed by atoms with Gasteiger partial charge in [0.05, 0.1) is 0 Å². The predicted molar refractivity (Wildman–Crippen MR) is 48.1 cm³/mol. The van der Waals surface area contributed by atoms with Crippen LogP contribution >= 0.6 is 0 Å². The van der Waals surface area contributed by atoms with Gasteiger partial charge in [0, 0.05) is 27.7 Å². The molecule has 0 rings (SSSR count). The molecule has 0 N–H and O–H groups in total. The summed E-state index contributed by atoms with van der Waals surface area (Å²) in [5, 5.41) is 0. The summed E-state index contributed by atoms with van der Waals surface area (Å²) in [5.41, 5.74) is 0. The van der Waals surface area contributed by atoms with Crippen LogP contribution in [0, 0.1) is 0 Å². The SMILES string of the molecule is CC(=O)CCS(=O)C(C)(C)C. The molecule has 3 heteroatoms. The summed E-state index contributed by atoms with van der Waals surface area (Å²) in [6, 6.07) is 0. The standard InChI is InChI=1S/C8H16O2S/c1-7(9)5-6-11(10)8(2,3)4/h5-6H2,1-4H3. The molecule has 0 bridgehead atoms. The summed E-state index contributed by atoms with van der Waals surface area (Å²) in [6.45, 7) is 7.29. The van der Waals surface area contributed by atoms with Crippen molar-refractivity contribution < 1.29 is 9.00 Å². The number of carbonyl (C=O) groups is 1. The van der Waals surface area contributed by atoms with Crippen LogP contribution in [0.1, 0.15) is 34.1 Å². The first kappa shape index (κ1) is 10.8. The second-order valence-corrected chi connectivity index (χ2v) is 5.94. The van der Waals surface area contributed by atoms with Gasteiger partial charge in [-0.25, -0.2) is 0 Å². The van der Waals surface area contributed by atoms with Gasteiger partial charge in [0.25, 0.3) is 0 Å². The topological polar surface area (TPSA) is 34.1 Å². The van der Waals surface area contributed by atoms with E-state index in [4.69, 9.17) is 0 Å². The molecular formula is C8H16O2S. The summed E-state index contributed by atoms with van der Waals surface area (Å²) in [5.74, 6) is 0.612. The highest BCUT2D eigenvalue weighted by Crippen LogP contribution is 2.11. The van der Waals surface area contributed by atoms with E-state index >= 15 is 0 Å². The van der Waals surface area contributed by atoms with Crippen molar-refractivity contribution in [1.29, 1.82) is 0 Å². The first-order chi connectivity index (χ1) is 4.84. The number of Topliss-reactive ketones (excluding diaryl/α,β-unsaturated/α-hetero) is 1. The largest absolute Gasteiger partial charge is 0.300 e. The summed E-state index contributed by atoms with van der Waals surface area (Å²) < 4.78 is 11.1.